The molecule has 0 radical (unpaired) electrons. The van der Waals surface area contributed by atoms with Gasteiger partial charge in [-0.3, -0.25) is 4.57 Å². The zero-order chi connectivity index (χ0) is 15.8. The van der Waals surface area contributed by atoms with Gasteiger partial charge in [0.05, 0.1) is 12.9 Å². The number of ether oxygens (including phenoxy) is 1. The number of nitrogens with zero attached hydrogens (tertiary/aromatic N) is 4. The number of rotatable bonds is 4. The maximum absolute atomic E-state index is 13.8. The predicted octanol–water partition coefficient (Wildman–Crippen LogP) is 3.15. The summed E-state index contributed by atoms with van der Waals surface area (Å²) >= 11 is 5.96. The molecule has 8 heteroatoms. The van der Waals surface area contributed by atoms with Crippen molar-refractivity contribution < 1.29 is 9.13 Å². The SMILES string of the molecule is Fc1nc(NCc2cccc(Cl)c2)c2ncn(C3CCO3)c2n1. The van der Waals surface area contributed by atoms with Crippen molar-refractivity contribution in [1.82, 2.24) is 19.5 Å². The molecule has 0 aliphatic carbocycles. The van der Waals surface area contributed by atoms with Gasteiger partial charge in [-0.1, -0.05) is 23.7 Å². The number of hydrogen-bond donors (Lipinski definition) is 1. The molecule has 0 bridgehead atoms. The molecule has 1 N–H and O–H groups in total. The number of hydrogen-bond acceptors (Lipinski definition) is 5. The van der Waals surface area contributed by atoms with Gasteiger partial charge in [0.2, 0.25) is 0 Å². The Kier molecular flexibility index (Phi) is 3.59. The Balaban J connectivity index is 1.65. The molecule has 0 amide bonds. The average molecular weight is 334 g/mol. The molecule has 1 atom stereocenters. The molecule has 6 nitrogen and oxygen atoms in total. The molecule has 1 saturated heterocycles. The number of imidazole rings is 1. The summed E-state index contributed by atoms with van der Waals surface area (Å²) in [7, 11) is 0. The molecule has 1 aliphatic rings. The van der Waals surface area contributed by atoms with E-state index in [0.717, 1.165) is 12.0 Å². The van der Waals surface area contributed by atoms with Crippen molar-refractivity contribution in [2.45, 2.75) is 19.2 Å². The lowest BCUT2D eigenvalue weighted by Crippen LogP contribution is -2.24. The number of fused-ring (bicyclic) bond motifs is 1. The predicted molar refractivity (Wildman–Crippen MR) is 83.7 cm³/mol. The first kappa shape index (κ1) is 14.3. The van der Waals surface area contributed by atoms with Gasteiger partial charge in [0.1, 0.15) is 6.23 Å². The molecule has 3 aromatic rings. The highest BCUT2D eigenvalue weighted by Gasteiger charge is 2.24. The van der Waals surface area contributed by atoms with Crippen LogP contribution in [0.25, 0.3) is 11.2 Å². The Morgan fingerprint density at radius 3 is 3.00 bits per heavy atom. The van der Waals surface area contributed by atoms with E-state index in [-0.39, 0.29) is 6.23 Å². The summed E-state index contributed by atoms with van der Waals surface area (Å²) in [5.41, 5.74) is 1.91. The fraction of sp³-hybridized carbons (Fsp3) is 0.267. The zero-order valence-electron chi connectivity index (χ0n) is 12.0. The number of anilines is 1. The van der Waals surface area contributed by atoms with E-state index in [1.54, 1.807) is 17.0 Å². The normalized spacial score (nSPS) is 17.2. The fourth-order valence-electron chi connectivity index (χ4n) is 2.50. The lowest BCUT2D eigenvalue weighted by atomic mass is 10.2. The Morgan fingerprint density at radius 2 is 2.26 bits per heavy atom. The molecule has 3 heterocycles. The largest absolute Gasteiger partial charge is 0.364 e. The molecule has 23 heavy (non-hydrogen) atoms. The van der Waals surface area contributed by atoms with Crippen LogP contribution in [0.5, 0.6) is 0 Å². The van der Waals surface area contributed by atoms with Crippen molar-refractivity contribution in [3.63, 3.8) is 0 Å². The lowest BCUT2D eigenvalue weighted by Gasteiger charge is -2.27. The molecule has 1 aliphatic heterocycles. The first-order valence-corrected chi connectivity index (χ1v) is 7.58. The summed E-state index contributed by atoms with van der Waals surface area (Å²) in [6.07, 6.45) is 1.54. The van der Waals surface area contributed by atoms with Crippen molar-refractivity contribution in [3.8, 4) is 0 Å². The minimum absolute atomic E-state index is 0.130. The molecule has 1 unspecified atom stereocenters. The Labute approximate surface area is 136 Å². The van der Waals surface area contributed by atoms with Gasteiger partial charge in [-0.15, -0.1) is 0 Å². The average Bonchev–Trinajstić information content (AvgIpc) is 2.87. The van der Waals surface area contributed by atoms with Crippen molar-refractivity contribution in [2.75, 3.05) is 11.9 Å². The fourth-order valence-corrected chi connectivity index (χ4v) is 2.71. The molecule has 0 spiro atoms. The van der Waals surface area contributed by atoms with E-state index in [0.29, 0.717) is 35.2 Å². The Hall–Kier alpha value is -2.25. The van der Waals surface area contributed by atoms with Crippen LogP contribution in [0.4, 0.5) is 10.2 Å². The monoisotopic (exact) mass is 333 g/mol. The van der Waals surface area contributed by atoms with Crippen LogP contribution in [-0.4, -0.2) is 26.1 Å². The standard InChI is InChI=1S/C15H13ClFN5O/c16-10-3-1-2-9(6-10)7-18-13-12-14(21-15(17)20-13)22(8-19-12)11-4-5-23-11/h1-3,6,8,11H,4-5,7H2,(H,18,20,21). The van der Waals surface area contributed by atoms with E-state index in [1.807, 2.05) is 18.2 Å². The van der Waals surface area contributed by atoms with E-state index in [1.165, 1.54) is 0 Å². The van der Waals surface area contributed by atoms with Crippen LogP contribution in [0.1, 0.15) is 18.2 Å². The van der Waals surface area contributed by atoms with Gasteiger partial charge >= 0.3 is 6.08 Å². The first-order valence-electron chi connectivity index (χ1n) is 7.21. The third-order valence-electron chi connectivity index (χ3n) is 3.73. The lowest BCUT2D eigenvalue weighted by molar-refractivity contribution is -0.0974. The molecule has 4 rings (SSSR count). The maximum atomic E-state index is 13.8. The maximum Gasteiger partial charge on any atom is 0.312 e. The number of nitrogens with one attached hydrogen (secondary N) is 1. The highest BCUT2D eigenvalue weighted by Crippen LogP contribution is 2.28. The highest BCUT2D eigenvalue weighted by atomic mass is 35.5. The minimum Gasteiger partial charge on any atom is -0.364 e. The van der Waals surface area contributed by atoms with E-state index in [2.05, 4.69) is 20.3 Å². The van der Waals surface area contributed by atoms with Crippen LogP contribution < -0.4 is 5.32 Å². The van der Waals surface area contributed by atoms with Gasteiger partial charge in [-0.2, -0.15) is 14.4 Å². The van der Waals surface area contributed by atoms with E-state index in [9.17, 15) is 4.39 Å². The van der Waals surface area contributed by atoms with Gasteiger partial charge in [-0.25, -0.2) is 4.98 Å². The Bertz CT molecular complexity index is 864. The summed E-state index contributed by atoms with van der Waals surface area (Å²) in [4.78, 5) is 12.0. The quantitative estimate of drug-likeness (QED) is 0.743. The van der Waals surface area contributed by atoms with Crippen molar-refractivity contribution in [3.05, 3.63) is 47.3 Å². The highest BCUT2D eigenvalue weighted by molar-refractivity contribution is 6.30. The van der Waals surface area contributed by atoms with Gasteiger partial charge < -0.3 is 10.1 Å². The summed E-state index contributed by atoms with van der Waals surface area (Å²) in [5.74, 6) is 0.352. The molecule has 1 aromatic carbocycles. The Morgan fingerprint density at radius 1 is 1.39 bits per heavy atom. The zero-order valence-corrected chi connectivity index (χ0v) is 12.8. The van der Waals surface area contributed by atoms with Gasteiger partial charge in [-0.05, 0) is 17.7 Å². The molecular formula is C15H13ClFN5O. The second kappa shape index (κ2) is 5.75. The third kappa shape index (κ3) is 2.73. The number of halogens is 2. The van der Waals surface area contributed by atoms with Gasteiger partial charge in [0, 0.05) is 18.0 Å². The van der Waals surface area contributed by atoms with Crippen LogP contribution in [0.2, 0.25) is 5.02 Å². The van der Waals surface area contributed by atoms with Crippen LogP contribution in [-0.2, 0) is 11.3 Å². The minimum atomic E-state index is -0.799. The smallest absolute Gasteiger partial charge is 0.312 e. The summed E-state index contributed by atoms with van der Waals surface area (Å²) in [5, 5.41) is 3.74. The van der Waals surface area contributed by atoms with Crippen molar-refractivity contribution >= 4 is 28.6 Å². The molecular weight excluding hydrogens is 321 g/mol. The van der Waals surface area contributed by atoms with Crippen LogP contribution in [0.3, 0.4) is 0 Å². The second-order valence-corrected chi connectivity index (χ2v) is 5.70. The molecule has 0 saturated carbocycles. The van der Waals surface area contributed by atoms with Crippen LogP contribution >= 0.6 is 11.6 Å². The van der Waals surface area contributed by atoms with E-state index >= 15 is 0 Å². The van der Waals surface area contributed by atoms with Crippen molar-refractivity contribution in [1.29, 1.82) is 0 Å². The molecule has 1 fully saturated rings. The summed E-state index contributed by atoms with van der Waals surface area (Å²) < 4.78 is 20.9. The van der Waals surface area contributed by atoms with Gasteiger partial charge in [0.25, 0.3) is 0 Å². The first-order chi connectivity index (χ1) is 11.2. The molecule has 2 aromatic heterocycles. The third-order valence-corrected chi connectivity index (χ3v) is 3.96. The van der Waals surface area contributed by atoms with E-state index in [4.69, 9.17) is 16.3 Å². The topological polar surface area (TPSA) is 64.9 Å². The van der Waals surface area contributed by atoms with Gasteiger partial charge in [0.15, 0.2) is 17.0 Å². The van der Waals surface area contributed by atoms with Crippen LogP contribution in [0.15, 0.2) is 30.6 Å². The second-order valence-electron chi connectivity index (χ2n) is 5.26. The number of aromatic nitrogens is 4. The summed E-state index contributed by atoms with van der Waals surface area (Å²) in [6.45, 7) is 1.15. The molecule has 118 valence electrons. The summed E-state index contributed by atoms with van der Waals surface area (Å²) in [6, 6.07) is 7.42. The van der Waals surface area contributed by atoms with Crippen LogP contribution in [0, 0.1) is 6.08 Å². The number of benzene rings is 1. The van der Waals surface area contributed by atoms with Crippen molar-refractivity contribution in [2.24, 2.45) is 0 Å². The van der Waals surface area contributed by atoms with E-state index < -0.39 is 6.08 Å².